The minimum absolute atomic E-state index is 0.0863. The van der Waals surface area contributed by atoms with Gasteiger partial charge in [-0.15, -0.1) is 0 Å². The molecule has 21 heavy (non-hydrogen) atoms. The van der Waals surface area contributed by atoms with Crippen LogP contribution in [0.4, 0.5) is 5.69 Å². The summed E-state index contributed by atoms with van der Waals surface area (Å²) >= 11 is 12.1. The summed E-state index contributed by atoms with van der Waals surface area (Å²) in [5.41, 5.74) is 0.0863. The van der Waals surface area contributed by atoms with E-state index in [1.807, 2.05) is 0 Å². The van der Waals surface area contributed by atoms with Gasteiger partial charge in [0.15, 0.2) is 0 Å². The molecule has 5 nitrogen and oxygen atoms in total. The van der Waals surface area contributed by atoms with Crippen molar-refractivity contribution < 1.29 is 17.9 Å². The highest BCUT2D eigenvalue weighted by Crippen LogP contribution is 2.36. The van der Waals surface area contributed by atoms with Gasteiger partial charge < -0.3 is 4.74 Å². The number of halogens is 2. The third-order valence-electron chi connectivity index (χ3n) is 2.80. The molecule has 1 aromatic rings. The summed E-state index contributed by atoms with van der Waals surface area (Å²) in [6, 6.07) is 3.56. The molecule has 0 saturated carbocycles. The van der Waals surface area contributed by atoms with E-state index in [0.717, 1.165) is 4.31 Å². The Bertz CT molecular complexity index is 598. The highest BCUT2D eigenvalue weighted by atomic mass is 35.5. The first-order chi connectivity index (χ1) is 9.76. The number of sulfonamides is 1. The average Bonchev–Trinajstić information content (AvgIpc) is 2.42. The molecule has 0 fully saturated rings. The Labute approximate surface area is 134 Å². The van der Waals surface area contributed by atoms with Crippen LogP contribution in [0.3, 0.4) is 0 Å². The van der Waals surface area contributed by atoms with Crippen molar-refractivity contribution in [3.8, 4) is 0 Å². The van der Waals surface area contributed by atoms with Gasteiger partial charge in [-0.1, -0.05) is 29.3 Å². The molecule has 1 rings (SSSR count). The van der Waals surface area contributed by atoms with Gasteiger partial charge in [0.05, 0.1) is 28.1 Å². The zero-order valence-corrected chi connectivity index (χ0v) is 14.3. The van der Waals surface area contributed by atoms with Gasteiger partial charge in [-0.05, 0) is 32.9 Å². The number of nitrogens with zero attached hydrogens (tertiary/aromatic N) is 1. The van der Waals surface area contributed by atoms with E-state index in [-0.39, 0.29) is 28.1 Å². The fourth-order valence-corrected chi connectivity index (χ4v) is 3.77. The fraction of sp³-hybridized carbons (Fsp3) is 0.462. The summed E-state index contributed by atoms with van der Waals surface area (Å²) in [5, 5.41) is 0.298. The zero-order chi connectivity index (χ0) is 16.2. The third-order valence-corrected chi connectivity index (χ3v) is 5.24. The van der Waals surface area contributed by atoms with E-state index in [1.165, 1.54) is 26.0 Å². The lowest BCUT2D eigenvalue weighted by molar-refractivity contribution is -0.144. The molecule has 118 valence electrons. The zero-order valence-electron chi connectivity index (χ0n) is 12.0. The van der Waals surface area contributed by atoms with E-state index in [4.69, 9.17) is 27.9 Å². The van der Waals surface area contributed by atoms with Gasteiger partial charge in [0.25, 0.3) is 0 Å². The highest BCUT2D eigenvalue weighted by molar-refractivity contribution is 7.92. The maximum atomic E-state index is 12.4. The lowest BCUT2D eigenvalue weighted by Gasteiger charge is -2.30. The van der Waals surface area contributed by atoms with Crippen molar-refractivity contribution in [2.75, 3.05) is 16.7 Å². The topological polar surface area (TPSA) is 63.7 Å². The second kappa shape index (κ2) is 7.33. The SMILES string of the molecule is CCOC(=O)[C@H](C)N(c1c(Cl)cccc1Cl)S(=O)(=O)CC. The van der Waals surface area contributed by atoms with Gasteiger partial charge in [-0.25, -0.2) is 13.2 Å². The number of hydrogen-bond acceptors (Lipinski definition) is 4. The smallest absolute Gasteiger partial charge is 0.329 e. The van der Waals surface area contributed by atoms with E-state index < -0.39 is 22.0 Å². The normalized spacial score (nSPS) is 12.8. The molecule has 0 radical (unpaired) electrons. The molecule has 1 atom stereocenters. The lowest BCUT2D eigenvalue weighted by atomic mass is 10.2. The molecular formula is C13H17Cl2NO4S. The van der Waals surface area contributed by atoms with Gasteiger partial charge >= 0.3 is 5.97 Å². The average molecular weight is 354 g/mol. The largest absolute Gasteiger partial charge is 0.464 e. The summed E-state index contributed by atoms with van der Waals surface area (Å²) in [6.07, 6.45) is 0. The molecule has 0 amide bonds. The second-order valence-electron chi connectivity index (χ2n) is 4.19. The summed E-state index contributed by atoms with van der Waals surface area (Å²) < 4.78 is 30.5. The molecule has 8 heteroatoms. The molecule has 0 N–H and O–H groups in total. The van der Waals surface area contributed by atoms with Crippen molar-refractivity contribution in [3.05, 3.63) is 28.2 Å². The van der Waals surface area contributed by atoms with Gasteiger partial charge in [0.1, 0.15) is 6.04 Å². The number of rotatable bonds is 6. The summed E-state index contributed by atoms with van der Waals surface area (Å²) in [7, 11) is -3.76. The first-order valence-corrected chi connectivity index (χ1v) is 8.75. The minimum atomic E-state index is -3.76. The van der Waals surface area contributed by atoms with Crippen molar-refractivity contribution in [1.29, 1.82) is 0 Å². The quantitative estimate of drug-likeness (QED) is 0.737. The summed E-state index contributed by atoms with van der Waals surface area (Å²) in [6.45, 7) is 4.71. The van der Waals surface area contributed by atoms with Gasteiger partial charge in [0.2, 0.25) is 10.0 Å². The van der Waals surface area contributed by atoms with E-state index in [2.05, 4.69) is 0 Å². The van der Waals surface area contributed by atoms with Gasteiger partial charge in [0, 0.05) is 0 Å². The van der Waals surface area contributed by atoms with Crippen LogP contribution in [0.25, 0.3) is 0 Å². The number of ether oxygens (including phenoxy) is 1. The number of carbonyl (C=O) groups excluding carboxylic acids is 1. The van der Waals surface area contributed by atoms with Crippen molar-refractivity contribution in [2.24, 2.45) is 0 Å². The van der Waals surface area contributed by atoms with Crippen LogP contribution >= 0.6 is 23.2 Å². The Hall–Kier alpha value is -0.980. The molecule has 0 unspecified atom stereocenters. The Morgan fingerprint density at radius 1 is 1.29 bits per heavy atom. The Kier molecular flexibility index (Phi) is 6.31. The van der Waals surface area contributed by atoms with E-state index >= 15 is 0 Å². The van der Waals surface area contributed by atoms with Crippen LogP contribution in [0.1, 0.15) is 20.8 Å². The summed E-state index contributed by atoms with van der Waals surface area (Å²) in [4.78, 5) is 11.9. The Morgan fingerprint density at radius 2 is 1.81 bits per heavy atom. The van der Waals surface area contributed by atoms with Crippen LogP contribution in [0.5, 0.6) is 0 Å². The number of benzene rings is 1. The molecule has 0 aromatic heterocycles. The maximum Gasteiger partial charge on any atom is 0.329 e. The van der Waals surface area contributed by atoms with E-state index in [9.17, 15) is 13.2 Å². The molecule has 0 spiro atoms. The Morgan fingerprint density at radius 3 is 2.24 bits per heavy atom. The first-order valence-electron chi connectivity index (χ1n) is 6.39. The van der Waals surface area contributed by atoms with E-state index in [0.29, 0.717) is 0 Å². The van der Waals surface area contributed by atoms with Gasteiger partial charge in [-0.3, -0.25) is 4.31 Å². The predicted octanol–water partition coefficient (Wildman–Crippen LogP) is 3.10. The van der Waals surface area contributed by atoms with Crippen LogP contribution in [-0.2, 0) is 19.6 Å². The number of para-hydroxylation sites is 1. The van der Waals surface area contributed by atoms with Crippen LogP contribution in [0.2, 0.25) is 10.0 Å². The van der Waals surface area contributed by atoms with Crippen molar-refractivity contribution >= 4 is 44.9 Å². The second-order valence-corrected chi connectivity index (χ2v) is 7.14. The molecule has 0 aliphatic heterocycles. The number of anilines is 1. The van der Waals surface area contributed by atoms with Crippen molar-refractivity contribution in [1.82, 2.24) is 0 Å². The van der Waals surface area contributed by atoms with Crippen LogP contribution < -0.4 is 4.31 Å². The standard InChI is InChI=1S/C13H17Cl2NO4S/c1-4-20-13(17)9(3)16(21(18,19)5-2)12-10(14)7-6-8-11(12)15/h6-9H,4-5H2,1-3H3/t9-/m0/s1. The molecular weight excluding hydrogens is 337 g/mol. The minimum Gasteiger partial charge on any atom is -0.464 e. The maximum absolute atomic E-state index is 12.4. The molecule has 0 aliphatic carbocycles. The Balaban J connectivity index is 3.44. The third kappa shape index (κ3) is 4.02. The number of carbonyl (C=O) groups is 1. The number of hydrogen-bond donors (Lipinski definition) is 0. The fourth-order valence-electron chi connectivity index (χ4n) is 1.77. The van der Waals surface area contributed by atoms with Crippen LogP contribution in [0, 0.1) is 0 Å². The summed E-state index contributed by atoms with van der Waals surface area (Å²) in [5.74, 6) is -0.858. The molecule has 0 heterocycles. The highest BCUT2D eigenvalue weighted by Gasteiger charge is 2.34. The van der Waals surface area contributed by atoms with Crippen LogP contribution in [-0.4, -0.2) is 32.8 Å². The van der Waals surface area contributed by atoms with Crippen LogP contribution in [0.15, 0.2) is 18.2 Å². The molecule has 1 aromatic carbocycles. The van der Waals surface area contributed by atoms with Gasteiger partial charge in [-0.2, -0.15) is 0 Å². The first kappa shape index (κ1) is 18.1. The monoisotopic (exact) mass is 353 g/mol. The van der Waals surface area contributed by atoms with Crippen molar-refractivity contribution in [2.45, 2.75) is 26.8 Å². The van der Waals surface area contributed by atoms with E-state index in [1.54, 1.807) is 13.0 Å². The lowest BCUT2D eigenvalue weighted by Crippen LogP contribution is -2.45. The van der Waals surface area contributed by atoms with Crippen molar-refractivity contribution in [3.63, 3.8) is 0 Å². The molecule has 0 bridgehead atoms. The molecule has 0 saturated heterocycles. The predicted molar refractivity (Wildman–Crippen MR) is 84.5 cm³/mol. The number of esters is 1. The molecule has 0 aliphatic rings.